The highest BCUT2D eigenvalue weighted by molar-refractivity contribution is 6.32. The molecule has 1 aliphatic heterocycles. The molecule has 1 aromatic carbocycles. The van der Waals surface area contributed by atoms with Gasteiger partial charge < -0.3 is 15.3 Å². The van der Waals surface area contributed by atoms with Crippen molar-refractivity contribution in [1.29, 1.82) is 5.26 Å². The van der Waals surface area contributed by atoms with E-state index < -0.39 is 11.9 Å². The largest absolute Gasteiger partial charge is 0.481 e. The molecule has 2 amide bonds. The zero-order chi connectivity index (χ0) is 16.3. The zero-order valence-corrected chi connectivity index (χ0v) is 12.8. The van der Waals surface area contributed by atoms with Gasteiger partial charge in [0.2, 0.25) is 0 Å². The molecule has 7 heteroatoms. The monoisotopic (exact) mass is 321 g/mol. The summed E-state index contributed by atoms with van der Waals surface area (Å²) in [7, 11) is 0. The smallest absolute Gasteiger partial charge is 0.321 e. The third-order valence-electron chi connectivity index (χ3n) is 3.64. The van der Waals surface area contributed by atoms with Crippen molar-refractivity contribution in [3.05, 3.63) is 28.8 Å². The van der Waals surface area contributed by atoms with Gasteiger partial charge in [-0.2, -0.15) is 5.26 Å². The number of nitrogens with one attached hydrogen (secondary N) is 1. The number of piperidine rings is 1. The first-order valence-corrected chi connectivity index (χ1v) is 7.27. The molecule has 22 heavy (non-hydrogen) atoms. The van der Waals surface area contributed by atoms with E-state index in [0.717, 1.165) is 0 Å². The molecule has 0 aromatic heterocycles. The number of benzene rings is 1. The quantitative estimate of drug-likeness (QED) is 0.875. The van der Waals surface area contributed by atoms with Gasteiger partial charge in [0, 0.05) is 18.8 Å². The maximum atomic E-state index is 12.3. The van der Waals surface area contributed by atoms with Crippen molar-refractivity contribution in [1.82, 2.24) is 4.90 Å². The molecule has 2 N–H and O–H groups in total. The summed E-state index contributed by atoms with van der Waals surface area (Å²) in [5.74, 6) is -1.30. The number of halogens is 1. The van der Waals surface area contributed by atoms with E-state index in [-0.39, 0.29) is 23.5 Å². The summed E-state index contributed by atoms with van der Waals surface area (Å²) in [5.41, 5.74) is 0.802. The van der Waals surface area contributed by atoms with Crippen LogP contribution in [0.15, 0.2) is 18.2 Å². The lowest BCUT2D eigenvalue weighted by molar-refractivity contribution is -0.143. The Hall–Kier alpha value is -2.26. The third-order valence-corrected chi connectivity index (χ3v) is 3.95. The van der Waals surface area contributed by atoms with E-state index >= 15 is 0 Å². The Balaban J connectivity index is 2.07. The van der Waals surface area contributed by atoms with E-state index in [4.69, 9.17) is 22.0 Å². The topological polar surface area (TPSA) is 93.4 Å². The summed E-state index contributed by atoms with van der Waals surface area (Å²) in [6, 6.07) is 6.19. The Morgan fingerprint density at radius 3 is 2.77 bits per heavy atom. The fourth-order valence-electron chi connectivity index (χ4n) is 2.58. The lowest BCUT2D eigenvalue weighted by Gasteiger charge is -2.34. The van der Waals surface area contributed by atoms with Crippen LogP contribution < -0.4 is 5.32 Å². The fraction of sp³-hybridized carbons (Fsp3) is 0.400. The molecule has 2 rings (SSSR count). The second-order valence-electron chi connectivity index (χ2n) is 5.52. The maximum absolute atomic E-state index is 12.3. The van der Waals surface area contributed by atoms with Crippen molar-refractivity contribution < 1.29 is 14.7 Å². The van der Waals surface area contributed by atoms with Crippen molar-refractivity contribution in [3.63, 3.8) is 0 Å². The Labute approximate surface area is 133 Å². The number of carbonyl (C=O) groups is 2. The molecule has 6 nitrogen and oxygen atoms in total. The number of nitrogens with zero attached hydrogens (tertiary/aromatic N) is 2. The fourth-order valence-corrected chi connectivity index (χ4v) is 2.81. The molecule has 1 saturated heterocycles. The van der Waals surface area contributed by atoms with Gasteiger partial charge in [-0.3, -0.25) is 4.79 Å². The second-order valence-corrected chi connectivity index (χ2v) is 5.92. The van der Waals surface area contributed by atoms with E-state index in [9.17, 15) is 9.59 Å². The second kappa shape index (κ2) is 6.67. The van der Waals surface area contributed by atoms with Crippen LogP contribution in [0.3, 0.4) is 0 Å². The van der Waals surface area contributed by atoms with Crippen molar-refractivity contribution in [3.8, 4) is 6.07 Å². The van der Waals surface area contributed by atoms with Crippen LogP contribution in [-0.2, 0) is 4.79 Å². The van der Waals surface area contributed by atoms with Crippen LogP contribution in [0.1, 0.15) is 18.9 Å². The molecular weight excluding hydrogens is 306 g/mol. The number of likely N-dealkylation sites (tertiary alicyclic amines) is 1. The zero-order valence-electron chi connectivity index (χ0n) is 12.0. The molecule has 0 aliphatic carbocycles. The summed E-state index contributed by atoms with van der Waals surface area (Å²) < 4.78 is 0. The minimum atomic E-state index is -0.884. The molecular formula is C15H16ClN3O3. The number of carbonyl (C=O) groups excluding carboxylic acids is 1. The standard InChI is InChI=1S/C15H16ClN3O3/c1-9-4-11(14(20)21)8-19(7-9)15(22)18-12-3-2-10(6-17)13(16)5-12/h2-3,5,9,11H,4,7-8H2,1H3,(H,18,22)(H,20,21). The van der Waals surface area contributed by atoms with E-state index in [2.05, 4.69) is 5.32 Å². The molecule has 1 aliphatic rings. The van der Waals surface area contributed by atoms with Gasteiger partial charge in [0.15, 0.2) is 0 Å². The number of anilines is 1. The van der Waals surface area contributed by atoms with Crippen LogP contribution in [0, 0.1) is 23.2 Å². The molecule has 0 bridgehead atoms. The van der Waals surface area contributed by atoms with Gasteiger partial charge in [0.25, 0.3) is 0 Å². The first-order valence-electron chi connectivity index (χ1n) is 6.89. The first kappa shape index (κ1) is 16.1. The van der Waals surface area contributed by atoms with Gasteiger partial charge in [-0.05, 0) is 30.5 Å². The highest BCUT2D eigenvalue weighted by Crippen LogP contribution is 2.24. The number of carboxylic acid groups (broad SMARTS) is 1. The predicted octanol–water partition coefficient (Wildman–Crippen LogP) is 2.79. The minimum absolute atomic E-state index is 0.130. The van der Waals surface area contributed by atoms with Crippen molar-refractivity contribution in [2.75, 3.05) is 18.4 Å². The van der Waals surface area contributed by atoms with E-state index in [1.54, 1.807) is 6.07 Å². The predicted molar refractivity (Wildman–Crippen MR) is 81.7 cm³/mol. The molecule has 1 heterocycles. The summed E-state index contributed by atoms with van der Waals surface area (Å²) in [4.78, 5) is 24.9. The molecule has 1 fully saturated rings. The van der Waals surface area contributed by atoms with Crippen molar-refractivity contribution >= 4 is 29.3 Å². The summed E-state index contributed by atoms with van der Waals surface area (Å²) in [6.07, 6.45) is 0.571. The molecule has 0 spiro atoms. The number of amides is 2. The number of nitriles is 1. The number of aliphatic carboxylic acids is 1. The van der Waals surface area contributed by atoms with Gasteiger partial charge in [-0.25, -0.2) is 4.79 Å². The number of carboxylic acids is 1. The van der Waals surface area contributed by atoms with Crippen LogP contribution >= 0.6 is 11.6 Å². The van der Waals surface area contributed by atoms with Crippen LogP contribution in [-0.4, -0.2) is 35.1 Å². The highest BCUT2D eigenvalue weighted by atomic mass is 35.5. The Kier molecular flexibility index (Phi) is 4.88. The molecule has 0 radical (unpaired) electrons. The number of hydrogen-bond acceptors (Lipinski definition) is 3. The summed E-state index contributed by atoms with van der Waals surface area (Å²) >= 11 is 5.92. The normalized spacial score (nSPS) is 21.0. The first-order chi connectivity index (χ1) is 10.4. The lowest BCUT2D eigenvalue weighted by atomic mass is 9.91. The Bertz CT molecular complexity index is 641. The van der Waals surface area contributed by atoms with Gasteiger partial charge in [0.1, 0.15) is 6.07 Å². The third kappa shape index (κ3) is 3.68. The van der Waals surface area contributed by atoms with Gasteiger partial charge >= 0.3 is 12.0 Å². The maximum Gasteiger partial charge on any atom is 0.321 e. The number of urea groups is 1. The van der Waals surface area contributed by atoms with Crippen LogP contribution in [0.4, 0.5) is 10.5 Å². The van der Waals surface area contributed by atoms with Crippen molar-refractivity contribution in [2.45, 2.75) is 13.3 Å². The Morgan fingerprint density at radius 2 is 2.18 bits per heavy atom. The molecule has 116 valence electrons. The van der Waals surface area contributed by atoms with Crippen LogP contribution in [0.2, 0.25) is 5.02 Å². The minimum Gasteiger partial charge on any atom is -0.481 e. The molecule has 2 unspecified atom stereocenters. The highest BCUT2D eigenvalue weighted by Gasteiger charge is 2.31. The van der Waals surface area contributed by atoms with Gasteiger partial charge in [-0.1, -0.05) is 18.5 Å². The molecule has 2 atom stereocenters. The van der Waals surface area contributed by atoms with E-state index in [0.29, 0.717) is 24.2 Å². The Morgan fingerprint density at radius 1 is 1.45 bits per heavy atom. The van der Waals surface area contributed by atoms with Gasteiger partial charge in [-0.15, -0.1) is 0 Å². The van der Waals surface area contributed by atoms with Crippen molar-refractivity contribution in [2.24, 2.45) is 11.8 Å². The lowest BCUT2D eigenvalue weighted by Crippen LogP contribution is -2.47. The number of hydrogen-bond donors (Lipinski definition) is 2. The van der Waals surface area contributed by atoms with E-state index in [1.165, 1.54) is 17.0 Å². The summed E-state index contributed by atoms with van der Waals surface area (Å²) in [5, 5.41) is 20.9. The average molecular weight is 322 g/mol. The average Bonchev–Trinajstić information content (AvgIpc) is 2.46. The molecule has 1 aromatic rings. The summed E-state index contributed by atoms with van der Waals surface area (Å²) in [6.45, 7) is 2.63. The van der Waals surface area contributed by atoms with Gasteiger partial charge in [0.05, 0.1) is 16.5 Å². The van der Waals surface area contributed by atoms with E-state index in [1.807, 2.05) is 13.0 Å². The molecule has 0 saturated carbocycles. The van der Waals surface area contributed by atoms with Crippen LogP contribution in [0.5, 0.6) is 0 Å². The number of rotatable bonds is 2. The SMILES string of the molecule is CC1CC(C(=O)O)CN(C(=O)Nc2ccc(C#N)c(Cl)c2)C1. The van der Waals surface area contributed by atoms with Crippen LogP contribution in [0.25, 0.3) is 0 Å².